The molecule has 0 spiro atoms. The van der Waals surface area contributed by atoms with Crippen LogP contribution in [-0.2, 0) is 78.4 Å². The number of benzene rings is 2. The largest absolute Gasteiger partial charge is 0.508 e. The van der Waals surface area contributed by atoms with E-state index in [9.17, 15) is 68.1 Å². The number of aromatic nitrogens is 4. The summed E-state index contributed by atoms with van der Waals surface area (Å²) in [7, 11) is 0. The Balaban J connectivity index is 1.38. The van der Waals surface area contributed by atoms with Crippen LogP contribution in [0.1, 0.15) is 103 Å². The summed E-state index contributed by atoms with van der Waals surface area (Å²) in [5.41, 5.74) is 19.1. The van der Waals surface area contributed by atoms with Gasteiger partial charge in [0.2, 0.25) is 53.2 Å². The first-order valence-corrected chi connectivity index (χ1v) is 30.4. The zero-order valence-electron chi connectivity index (χ0n) is 52.3. The molecule has 10 atom stereocenters. The number of aromatic hydroxyl groups is 1. The van der Waals surface area contributed by atoms with Gasteiger partial charge in [-0.1, -0.05) is 84.0 Å². The van der Waals surface area contributed by atoms with Crippen molar-refractivity contribution in [3.05, 3.63) is 102 Å². The molecular formula is C61H87N17O14. The number of nitrogens with two attached hydrogens (primary N) is 3. The standard InChI is InChI=1S/C61H87N17O14/c1-32(2)22-40(62)51(82)71-43(25-37-28-65-30-68-37)53(84)74-45(24-35-12-8-7-9-13-35)59(90)78-21-11-15-47(78)56(87)72-44(26-38-29-66-31-69-38)55(86)77-50(34(5)6)58(89)73-42(23-36-16-18-39(79)19-17-36)54(85)76-49(33(3)4)57(88)70-41(14-10-20-67-61(63)64)52(83)75-46(60(91)92)27-48(80)81/h7-9,12-13,16-19,28-34,40-47,49-50,79H,10-11,14-15,20-27,62H2,1-6H3,(H,65,68)(H,66,69)(H,70,88)(H,71,82)(H,72,87)(H,73,89)(H,74,84)(H,75,83)(H,76,85)(H,77,86)(H,80,81)(H,91,92)(H4,63,64,67)/t40-,41-,42-,43-,44-,45-,46-,47-,49-,50-/m0/s1. The lowest BCUT2D eigenvalue weighted by Crippen LogP contribution is -2.62. The molecule has 1 aliphatic heterocycles. The highest BCUT2D eigenvalue weighted by Crippen LogP contribution is 2.22. The van der Waals surface area contributed by atoms with E-state index in [0.29, 0.717) is 35.4 Å². The molecule has 1 aliphatic rings. The first-order chi connectivity index (χ1) is 43.6. The lowest BCUT2D eigenvalue weighted by Gasteiger charge is -2.31. The van der Waals surface area contributed by atoms with Crippen LogP contribution in [0.4, 0.5) is 0 Å². The summed E-state index contributed by atoms with van der Waals surface area (Å²) in [5, 5.41) is 50.1. The van der Waals surface area contributed by atoms with E-state index in [-0.39, 0.29) is 75.7 Å². The number of likely N-dealkylation sites (tertiary alicyclic amines) is 1. The molecule has 31 nitrogen and oxygen atoms in total. The molecule has 5 rings (SSSR count). The van der Waals surface area contributed by atoms with Gasteiger partial charge in [0.05, 0.1) is 25.1 Å². The van der Waals surface area contributed by atoms with Crippen molar-refractivity contribution in [1.29, 1.82) is 0 Å². The Morgan fingerprint density at radius 2 is 1.08 bits per heavy atom. The molecule has 9 amide bonds. The minimum absolute atomic E-state index is 0.0106. The number of H-pyrrole nitrogens is 2. The van der Waals surface area contributed by atoms with Gasteiger partial charge in [0, 0.05) is 62.6 Å². The number of hydrogen-bond donors (Lipinski definition) is 16. The fourth-order valence-electron chi connectivity index (χ4n) is 10.2. The van der Waals surface area contributed by atoms with E-state index < -0.39 is 144 Å². The number of carboxylic acids is 2. The molecule has 19 N–H and O–H groups in total. The molecule has 0 saturated carbocycles. The number of amides is 9. The topological polar surface area (TPSA) is 496 Å². The minimum atomic E-state index is -1.88. The van der Waals surface area contributed by atoms with Crippen LogP contribution >= 0.6 is 0 Å². The number of aliphatic carboxylic acids is 2. The fourth-order valence-corrected chi connectivity index (χ4v) is 10.2. The van der Waals surface area contributed by atoms with Gasteiger partial charge < -0.3 is 89.9 Å². The van der Waals surface area contributed by atoms with E-state index in [1.807, 2.05) is 13.8 Å². The van der Waals surface area contributed by atoms with Crippen LogP contribution in [0.15, 0.2) is 84.6 Å². The van der Waals surface area contributed by atoms with Gasteiger partial charge >= 0.3 is 11.9 Å². The van der Waals surface area contributed by atoms with Crippen LogP contribution in [0.3, 0.4) is 0 Å². The number of rotatable bonds is 36. The smallest absolute Gasteiger partial charge is 0.326 e. The van der Waals surface area contributed by atoms with Gasteiger partial charge in [-0.15, -0.1) is 0 Å². The summed E-state index contributed by atoms with van der Waals surface area (Å²) < 4.78 is 0. The molecule has 0 radical (unpaired) electrons. The average molecular weight is 1280 g/mol. The second-order valence-electron chi connectivity index (χ2n) is 23.8. The molecule has 0 bridgehead atoms. The summed E-state index contributed by atoms with van der Waals surface area (Å²) in [6, 6.07) is 0.869. The van der Waals surface area contributed by atoms with E-state index >= 15 is 0 Å². The highest BCUT2D eigenvalue weighted by Gasteiger charge is 2.41. The van der Waals surface area contributed by atoms with Crippen LogP contribution in [0.2, 0.25) is 0 Å². The molecule has 0 aliphatic carbocycles. The average Bonchev–Trinajstić information content (AvgIpc) is 1.58. The van der Waals surface area contributed by atoms with E-state index in [1.165, 1.54) is 54.2 Å². The Labute approximate surface area is 531 Å². The number of phenolic OH excluding ortho intramolecular Hbond substituents is 1. The Kier molecular flexibility index (Phi) is 28.1. The van der Waals surface area contributed by atoms with Crippen molar-refractivity contribution in [1.82, 2.24) is 67.4 Å². The van der Waals surface area contributed by atoms with E-state index in [1.54, 1.807) is 58.0 Å². The third-order valence-electron chi connectivity index (χ3n) is 15.1. The third-order valence-corrected chi connectivity index (χ3v) is 15.1. The molecule has 0 unspecified atom stereocenters. The second kappa shape index (κ2) is 35.5. The first kappa shape index (κ1) is 72.8. The molecule has 92 heavy (non-hydrogen) atoms. The normalized spacial score (nSPS) is 15.8. The Morgan fingerprint density at radius 3 is 1.59 bits per heavy atom. The van der Waals surface area contributed by atoms with Crippen molar-refractivity contribution in [2.45, 2.75) is 166 Å². The number of nitrogens with one attached hydrogen (secondary N) is 10. The van der Waals surface area contributed by atoms with Crippen LogP contribution < -0.4 is 59.7 Å². The maximum absolute atomic E-state index is 14.9. The van der Waals surface area contributed by atoms with E-state index in [4.69, 9.17) is 17.2 Å². The molecule has 4 aromatic rings. The predicted molar refractivity (Wildman–Crippen MR) is 334 cm³/mol. The third kappa shape index (κ3) is 23.1. The van der Waals surface area contributed by atoms with Gasteiger partial charge in [0.25, 0.3) is 0 Å². The Morgan fingerprint density at radius 1 is 0.598 bits per heavy atom. The highest BCUT2D eigenvalue weighted by molar-refractivity contribution is 5.99. The molecule has 31 heteroatoms. The zero-order chi connectivity index (χ0) is 67.8. The van der Waals surface area contributed by atoms with Crippen molar-refractivity contribution in [2.24, 2.45) is 39.9 Å². The van der Waals surface area contributed by atoms with Crippen molar-refractivity contribution in [3.63, 3.8) is 0 Å². The van der Waals surface area contributed by atoms with Gasteiger partial charge in [0.15, 0.2) is 5.96 Å². The summed E-state index contributed by atoms with van der Waals surface area (Å²) in [4.78, 5) is 171. The number of phenols is 1. The molecule has 1 saturated heterocycles. The number of carbonyl (C=O) groups excluding carboxylic acids is 9. The lowest BCUT2D eigenvalue weighted by molar-refractivity contribution is -0.147. The Bertz CT molecular complexity index is 3160. The van der Waals surface area contributed by atoms with Gasteiger partial charge in [-0.3, -0.25) is 52.9 Å². The number of guanidine groups is 1. The summed E-state index contributed by atoms with van der Waals surface area (Å²) in [6.07, 6.45) is 5.02. The van der Waals surface area contributed by atoms with Gasteiger partial charge in [-0.25, -0.2) is 14.8 Å². The van der Waals surface area contributed by atoms with E-state index in [0.717, 1.165) is 0 Å². The summed E-state index contributed by atoms with van der Waals surface area (Å²) >= 11 is 0. The van der Waals surface area contributed by atoms with Gasteiger partial charge in [-0.05, 0) is 73.1 Å². The van der Waals surface area contributed by atoms with Crippen molar-refractivity contribution in [3.8, 4) is 5.75 Å². The number of carbonyl (C=O) groups is 11. The molecular weight excluding hydrogens is 1190 g/mol. The van der Waals surface area contributed by atoms with Crippen LogP contribution in [0.5, 0.6) is 5.75 Å². The number of imidazole rings is 2. The highest BCUT2D eigenvalue weighted by atomic mass is 16.4. The number of carboxylic acid groups (broad SMARTS) is 2. The van der Waals surface area contributed by atoms with Crippen molar-refractivity contribution >= 4 is 71.1 Å². The Hall–Kier alpha value is -9.94. The number of hydrogen-bond acceptors (Lipinski definition) is 16. The second-order valence-corrected chi connectivity index (χ2v) is 23.8. The quantitative estimate of drug-likeness (QED) is 0.0137. The fraction of sp³-hybridized carbons (Fsp3) is 0.508. The number of aromatic amines is 2. The summed E-state index contributed by atoms with van der Waals surface area (Å²) in [5.74, 6) is -12.1. The molecule has 2 aromatic heterocycles. The predicted octanol–water partition coefficient (Wildman–Crippen LogP) is -1.72. The maximum atomic E-state index is 14.9. The molecule has 2 aromatic carbocycles. The zero-order valence-corrected chi connectivity index (χ0v) is 52.3. The minimum Gasteiger partial charge on any atom is -0.508 e. The number of aliphatic imine (C=N–C) groups is 1. The maximum Gasteiger partial charge on any atom is 0.326 e. The van der Waals surface area contributed by atoms with Gasteiger partial charge in [0.1, 0.15) is 60.1 Å². The monoisotopic (exact) mass is 1280 g/mol. The summed E-state index contributed by atoms with van der Waals surface area (Å²) in [6.45, 7) is 10.3. The first-order valence-electron chi connectivity index (χ1n) is 30.4. The van der Waals surface area contributed by atoms with Gasteiger partial charge in [-0.2, -0.15) is 0 Å². The van der Waals surface area contributed by atoms with Crippen LogP contribution in [0, 0.1) is 17.8 Å². The molecule has 500 valence electrons. The molecule has 3 heterocycles. The van der Waals surface area contributed by atoms with Crippen LogP contribution in [-0.4, -0.2) is 185 Å². The van der Waals surface area contributed by atoms with Crippen LogP contribution in [0.25, 0.3) is 0 Å². The van der Waals surface area contributed by atoms with Crippen molar-refractivity contribution < 1.29 is 68.1 Å². The van der Waals surface area contributed by atoms with E-state index in [2.05, 4.69) is 67.5 Å². The number of nitrogens with zero attached hydrogens (tertiary/aromatic N) is 4. The SMILES string of the molecule is CC(C)C[C@H](N)C(=O)N[C@@H](Cc1cnc[nH]1)C(=O)N[C@@H](Cc1ccccc1)C(=O)N1CCC[C@H]1C(=O)N[C@@H](Cc1cnc[nH]1)C(=O)N[C@H](C(=O)N[C@@H](Cc1ccc(O)cc1)C(=O)N[C@H](C(=O)N[C@@H](CCCN=C(N)N)C(=O)N[C@@H](CC(=O)O)C(=O)O)C(C)C)C(C)C. The lowest BCUT2D eigenvalue weighted by atomic mass is 9.98. The molecule has 1 fully saturated rings. The van der Waals surface area contributed by atoms with Crippen molar-refractivity contribution in [2.75, 3.05) is 13.1 Å².